The van der Waals surface area contributed by atoms with Crippen molar-refractivity contribution in [3.8, 4) is 0 Å². The van der Waals surface area contributed by atoms with Crippen molar-refractivity contribution in [3.63, 3.8) is 0 Å². The molecule has 1 unspecified atom stereocenters. The van der Waals surface area contributed by atoms with E-state index in [0.717, 1.165) is 116 Å². The summed E-state index contributed by atoms with van der Waals surface area (Å²) < 4.78 is 17.4. The van der Waals surface area contributed by atoms with Crippen LogP contribution in [0.1, 0.15) is 226 Å². The first kappa shape index (κ1) is 65.8. The van der Waals surface area contributed by atoms with Gasteiger partial charge in [-0.1, -0.05) is 231 Å². The Morgan fingerprint density at radius 1 is 0.329 bits per heavy atom. The molecule has 5 heteroatoms. The van der Waals surface area contributed by atoms with Crippen LogP contribution >= 0.6 is 0 Å². The van der Waals surface area contributed by atoms with Crippen molar-refractivity contribution in [2.24, 2.45) is 0 Å². The molecule has 0 aliphatic heterocycles. The molecular weight excluding hydrogens is 861 g/mol. The fourth-order valence-corrected chi connectivity index (χ4v) is 7.20. The first-order valence-corrected chi connectivity index (χ1v) is 28.4. The van der Waals surface area contributed by atoms with E-state index >= 15 is 0 Å². The van der Waals surface area contributed by atoms with Crippen LogP contribution < -0.4 is 0 Å². The van der Waals surface area contributed by atoms with Gasteiger partial charge < -0.3 is 14.2 Å². The smallest absolute Gasteiger partial charge is 0.306 e. The van der Waals surface area contributed by atoms with E-state index in [2.05, 4.69) is 161 Å². The molecule has 0 aliphatic carbocycles. The minimum absolute atomic E-state index is 0.0251. The molecule has 0 bridgehead atoms. The van der Waals surface area contributed by atoms with Gasteiger partial charge in [-0.05, 0) is 128 Å². The van der Waals surface area contributed by atoms with Crippen LogP contribution in [0.15, 0.2) is 146 Å². The average molecular weight is 966 g/mol. The number of unbranched alkanes of at least 4 members (excludes halogenated alkanes) is 15. The Labute approximate surface area is 431 Å². The van der Waals surface area contributed by atoms with Gasteiger partial charge in [-0.15, -0.1) is 0 Å². The minimum Gasteiger partial charge on any atom is -0.462 e. The van der Waals surface area contributed by atoms with E-state index in [1.807, 2.05) is 6.08 Å². The van der Waals surface area contributed by atoms with Gasteiger partial charge in [0.15, 0.2) is 6.10 Å². The molecule has 0 saturated carbocycles. The Balaban J connectivity index is 4.47. The SMILES string of the molecule is CC/C=C\C/C=C\C/C=C\C/C=C\C/C=C\C/C=C\CCC(=O)OCC(COCCCCCCCC/C=C\C/C=C\CCCCC)OC(=O)CCCCCCCC/C=C\C/C=C\C/C=C\C/C=C\CC. The molecule has 0 fully saturated rings. The summed E-state index contributed by atoms with van der Waals surface area (Å²) in [5, 5.41) is 0. The number of carbonyl (C=O) groups is 2. The van der Waals surface area contributed by atoms with Crippen molar-refractivity contribution in [3.05, 3.63) is 146 Å². The summed E-state index contributed by atoms with van der Waals surface area (Å²) in [6.45, 7) is 7.44. The number of hydrogen-bond acceptors (Lipinski definition) is 5. The topological polar surface area (TPSA) is 61.8 Å². The van der Waals surface area contributed by atoms with Crippen molar-refractivity contribution in [1.29, 1.82) is 0 Å². The van der Waals surface area contributed by atoms with Gasteiger partial charge in [-0.2, -0.15) is 0 Å². The highest BCUT2D eigenvalue weighted by Crippen LogP contribution is 2.12. The van der Waals surface area contributed by atoms with E-state index in [9.17, 15) is 9.59 Å². The summed E-state index contributed by atoms with van der Waals surface area (Å²) in [7, 11) is 0. The first-order chi connectivity index (χ1) is 34.6. The van der Waals surface area contributed by atoms with E-state index in [-0.39, 0.29) is 25.2 Å². The molecular formula is C65H104O5. The lowest BCUT2D eigenvalue weighted by molar-refractivity contribution is -0.162. The number of rotatable bonds is 50. The zero-order chi connectivity index (χ0) is 50.6. The second kappa shape index (κ2) is 59.1. The number of esters is 2. The number of ether oxygens (including phenoxy) is 3. The Kier molecular flexibility index (Phi) is 55.5. The van der Waals surface area contributed by atoms with Crippen LogP contribution in [0.2, 0.25) is 0 Å². The van der Waals surface area contributed by atoms with Crippen molar-refractivity contribution >= 4 is 11.9 Å². The fourth-order valence-electron chi connectivity index (χ4n) is 7.20. The lowest BCUT2D eigenvalue weighted by Crippen LogP contribution is -2.30. The van der Waals surface area contributed by atoms with Crippen LogP contribution in [-0.2, 0) is 23.8 Å². The summed E-state index contributed by atoms with van der Waals surface area (Å²) in [6.07, 6.45) is 85.9. The summed E-state index contributed by atoms with van der Waals surface area (Å²) in [5.74, 6) is -0.525. The second-order valence-corrected chi connectivity index (χ2v) is 18.1. The largest absolute Gasteiger partial charge is 0.462 e. The Bertz CT molecular complexity index is 1510. The van der Waals surface area contributed by atoms with Gasteiger partial charge in [0.2, 0.25) is 0 Å². The number of allylic oxidation sites excluding steroid dienone is 24. The standard InChI is InChI=1S/C65H104O5/c1-4-7-10-13-16-19-22-25-28-31-33-35-37-40-43-46-49-52-55-58-64(66)69-62-63(61-68-60-57-54-51-48-45-42-39-30-27-24-21-18-15-12-9-6-3)70-65(67)59-56-53-50-47-44-41-38-36-34-32-29-26-23-20-17-14-11-8-5-2/h7-8,10-11,16-21,25-30,33-36,40,43,49,52,63H,4-6,9,12-15,22-24,31-32,37-39,41-42,44-48,50-51,53-62H2,1-3H3/b10-7-,11-8-,19-16-,20-17-,21-18-,28-25-,29-26-,30-27-,35-33-,36-34-,43-40-,52-49-. The molecule has 0 N–H and O–H groups in total. The van der Waals surface area contributed by atoms with Crippen molar-refractivity contribution in [2.75, 3.05) is 19.8 Å². The van der Waals surface area contributed by atoms with Crippen molar-refractivity contribution in [1.82, 2.24) is 0 Å². The molecule has 394 valence electrons. The van der Waals surface area contributed by atoms with Gasteiger partial charge in [0.25, 0.3) is 0 Å². The maximum Gasteiger partial charge on any atom is 0.306 e. The Morgan fingerprint density at radius 3 is 1.09 bits per heavy atom. The molecule has 0 saturated heterocycles. The highest BCUT2D eigenvalue weighted by Gasteiger charge is 2.17. The van der Waals surface area contributed by atoms with Crippen molar-refractivity contribution < 1.29 is 23.8 Å². The molecule has 5 nitrogen and oxygen atoms in total. The molecule has 0 aromatic carbocycles. The van der Waals surface area contributed by atoms with Gasteiger partial charge in [-0.25, -0.2) is 0 Å². The molecule has 0 rings (SSSR count). The maximum absolute atomic E-state index is 12.9. The monoisotopic (exact) mass is 965 g/mol. The van der Waals surface area contributed by atoms with E-state index in [4.69, 9.17) is 14.2 Å². The second-order valence-electron chi connectivity index (χ2n) is 18.1. The summed E-state index contributed by atoms with van der Waals surface area (Å²) >= 11 is 0. The molecule has 0 aromatic heterocycles. The molecule has 0 heterocycles. The lowest BCUT2D eigenvalue weighted by Gasteiger charge is -2.18. The van der Waals surface area contributed by atoms with Gasteiger partial charge in [0.1, 0.15) is 6.61 Å². The van der Waals surface area contributed by atoms with Crippen LogP contribution in [0.25, 0.3) is 0 Å². The highest BCUT2D eigenvalue weighted by molar-refractivity contribution is 5.70. The van der Waals surface area contributed by atoms with E-state index in [1.165, 1.54) is 70.6 Å². The van der Waals surface area contributed by atoms with E-state index < -0.39 is 6.10 Å². The highest BCUT2D eigenvalue weighted by atomic mass is 16.6. The molecule has 0 aliphatic rings. The predicted octanol–water partition coefficient (Wildman–Crippen LogP) is 19.7. The van der Waals surface area contributed by atoms with Crippen LogP contribution in [0.5, 0.6) is 0 Å². The minimum atomic E-state index is -0.592. The first-order valence-electron chi connectivity index (χ1n) is 28.4. The maximum atomic E-state index is 12.9. The van der Waals surface area contributed by atoms with Gasteiger partial charge in [0, 0.05) is 19.4 Å². The van der Waals surface area contributed by atoms with Gasteiger partial charge in [0.05, 0.1) is 6.61 Å². The average Bonchev–Trinajstić information content (AvgIpc) is 3.36. The molecule has 0 aromatic rings. The van der Waals surface area contributed by atoms with Crippen molar-refractivity contribution in [2.45, 2.75) is 232 Å². The third-order valence-corrected chi connectivity index (χ3v) is 11.4. The molecule has 0 radical (unpaired) electrons. The summed E-state index contributed by atoms with van der Waals surface area (Å²) in [6, 6.07) is 0. The van der Waals surface area contributed by atoms with E-state index in [1.54, 1.807) is 0 Å². The van der Waals surface area contributed by atoms with Crippen LogP contribution in [-0.4, -0.2) is 37.9 Å². The summed E-state index contributed by atoms with van der Waals surface area (Å²) in [5.41, 5.74) is 0. The Hall–Kier alpha value is -4.22. The third kappa shape index (κ3) is 56.4. The quantitative estimate of drug-likeness (QED) is 0.0345. The molecule has 0 amide bonds. The van der Waals surface area contributed by atoms with Crippen LogP contribution in [0.3, 0.4) is 0 Å². The molecule has 0 spiro atoms. The number of hydrogen-bond donors (Lipinski definition) is 0. The summed E-state index contributed by atoms with van der Waals surface area (Å²) in [4.78, 5) is 25.5. The third-order valence-electron chi connectivity index (χ3n) is 11.4. The fraction of sp³-hybridized carbons (Fsp3) is 0.600. The normalized spacial score (nSPS) is 13.4. The predicted molar refractivity (Wildman–Crippen MR) is 306 cm³/mol. The molecule has 70 heavy (non-hydrogen) atoms. The number of carbonyl (C=O) groups excluding carboxylic acids is 2. The van der Waals surface area contributed by atoms with E-state index in [0.29, 0.717) is 25.9 Å². The van der Waals surface area contributed by atoms with Gasteiger partial charge in [-0.3, -0.25) is 9.59 Å². The lowest BCUT2D eigenvalue weighted by atomic mass is 10.1. The van der Waals surface area contributed by atoms with Crippen LogP contribution in [0.4, 0.5) is 0 Å². The van der Waals surface area contributed by atoms with Gasteiger partial charge >= 0.3 is 11.9 Å². The zero-order valence-electron chi connectivity index (χ0n) is 45.2. The Morgan fingerprint density at radius 2 is 0.671 bits per heavy atom. The zero-order valence-corrected chi connectivity index (χ0v) is 45.2. The van der Waals surface area contributed by atoms with Crippen LogP contribution in [0, 0.1) is 0 Å². The molecule has 1 atom stereocenters.